The summed E-state index contributed by atoms with van der Waals surface area (Å²) in [6, 6.07) is 21.2. The molecular weight excluding hydrogens is 282 g/mol. The normalized spacial score (nSPS) is 11.3. The van der Waals surface area contributed by atoms with Crippen molar-refractivity contribution < 1.29 is 0 Å². The first-order valence-corrected chi connectivity index (χ1v) is 7.99. The van der Waals surface area contributed by atoms with Crippen LogP contribution in [0.5, 0.6) is 0 Å². The van der Waals surface area contributed by atoms with Gasteiger partial charge in [-0.25, -0.2) is 0 Å². The Balaban J connectivity index is 1.46. The highest BCUT2D eigenvalue weighted by Gasteiger charge is 2.02. The molecule has 0 atom stereocenters. The van der Waals surface area contributed by atoms with E-state index in [0.29, 0.717) is 0 Å². The van der Waals surface area contributed by atoms with Gasteiger partial charge in [-0.3, -0.25) is 4.98 Å². The second-order valence-corrected chi connectivity index (χ2v) is 5.80. The molecule has 0 radical (unpaired) electrons. The van der Waals surface area contributed by atoms with Crippen LogP contribution in [0.2, 0.25) is 0 Å². The quantitative estimate of drug-likeness (QED) is 0.568. The zero-order chi connectivity index (χ0) is 15.5. The van der Waals surface area contributed by atoms with Crippen molar-refractivity contribution in [3.05, 3.63) is 84.2 Å². The maximum Gasteiger partial charge on any atom is 0.0871 e. The van der Waals surface area contributed by atoms with Gasteiger partial charge in [0.2, 0.25) is 0 Å². The van der Waals surface area contributed by atoms with E-state index in [2.05, 4.69) is 81.6 Å². The molecular formula is C20H19N3. The zero-order valence-corrected chi connectivity index (χ0v) is 12.9. The van der Waals surface area contributed by atoms with E-state index in [1.807, 2.05) is 6.20 Å². The van der Waals surface area contributed by atoms with E-state index in [0.717, 1.165) is 36.1 Å². The van der Waals surface area contributed by atoms with E-state index in [-0.39, 0.29) is 0 Å². The summed E-state index contributed by atoms with van der Waals surface area (Å²) in [6.45, 7) is 1.86. The van der Waals surface area contributed by atoms with Crippen LogP contribution in [0.4, 0.5) is 0 Å². The van der Waals surface area contributed by atoms with Crippen LogP contribution >= 0.6 is 0 Å². The highest BCUT2D eigenvalue weighted by molar-refractivity contribution is 5.78. The predicted octanol–water partition coefficient (Wildman–Crippen LogP) is 3.82. The Hall–Kier alpha value is -2.65. The van der Waals surface area contributed by atoms with Gasteiger partial charge in [0.05, 0.1) is 22.7 Å². The van der Waals surface area contributed by atoms with Crippen LogP contribution < -0.4 is 5.32 Å². The SMILES string of the molecule is c1ccc(CCNCc2ccc3ncc4cccn4c3c2)cc1. The van der Waals surface area contributed by atoms with Crippen LogP contribution in [0.3, 0.4) is 0 Å². The third-order valence-electron chi connectivity index (χ3n) is 4.18. The van der Waals surface area contributed by atoms with Crippen molar-refractivity contribution in [2.24, 2.45) is 0 Å². The number of nitrogens with zero attached hydrogens (tertiary/aromatic N) is 2. The van der Waals surface area contributed by atoms with Gasteiger partial charge in [-0.2, -0.15) is 0 Å². The van der Waals surface area contributed by atoms with Crippen molar-refractivity contribution in [3.63, 3.8) is 0 Å². The minimum absolute atomic E-state index is 0.875. The number of benzene rings is 2. The minimum Gasteiger partial charge on any atom is -0.314 e. The fourth-order valence-corrected chi connectivity index (χ4v) is 2.95. The lowest BCUT2D eigenvalue weighted by molar-refractivity contribution is 0.687. The van der Waals surface area contributed by atoms with Crippen molar-refractivity contribution >= 4 is 16.6 Å². The molecule has 0 aliphatic carbocycles. The van der Waals surface area contributed by atoms with E-state index >= 15 is 0 Å². The van der Waals surface area contributed by atoms with Crippen LogP contribution in [0.25, 0.3) is 16.6 Å². The molecule has 3 heteroatoms. The Bertz CT molecular complexity index is 925. The van der Waals surface area contributed by atoms with E-state index in [9.17, 15) is 0 Å². The molecule has 0 bridgehead atoms. The standard InChI is InChI=1S/C20H19N3/c1-2-5-16(6-3-1)10-11-21-14-17-8-9-19-20(13-17)23-12-4-7-18(23)15-22-19/h1-9,12-13,15,21H,10-11,14H2. The first-order valence-electron chi connectivity index (χ1n) is 7.99. The third-order valence-corrected chi connectivity index (χ3v) is 4.18. The van der Waals surface area contributed by atoms with Gasteiger partial charge in [-0.15, -0.1) is 0 Å². The minimum atomic E-state index is 0.875. The summed E-state index contributed by atoms with van der Waals surface area (Å²) in [5.41, 5.74) is 5.98. The van der Waals surface area contributed by atoms with Crippen molar-refractivity contribution in [2.75, 3.05) is 6.54 Å². The van der Waals surface area contributed by atoms with Crippen molar-refractivity contribution in [1.29, 1.82) is 0 Å². The molecule has 2 aromatic carbocycles. The first kappa shape index (κ1) is 14.0. The molecule has 2 aromatic heterocycles. The Labute approximate surface area is 135 Å². The van der Waals surface area contributed by atoms with Gasteiger partial charge >= 0.3 is 0 Å². The first-order chi connectivity index (χ1) is 11.4. The lowest BCUT2D eigenvalue weighted by Crippen LogP contribution is -2.16. The average Bonchev–Trinajstić information content (AvgIpc) is 3.09. The number of aromatic nitrogens is 2. The monoisotopic (exact) mass is 301 g/mol. The molecule has 2 heterocycles. The van der Waals surface area contributed by atoms with Crippen molar-refractivity contribution in [2.45, 2.75) is 13.0 Å². The summed E-state index contributed by atoms with van der Waals surface area (Å²) in [7, 11) is 0. The molecule has 0 unspecified atom stereocenters. The van der Waals surface area contributed by atoms with E-state index in [4.69, 9.17) is 0 Å². The summed E-state index contributed by atoms with van der Waals surface area (Å²) in [5.74, 6) is 0. The summed E-state index contributed by atoms with van der Waals surface area (Å²) >= 11 is 0. The Kier molecular flexibility index (Phi) is 3.78. The number of hydrogen-bond donors (Lipinski definition) is 1. The summed E-state index contributed by atoms with van der Waals surface area (Å²) in [5, 5.41) is 3.53. The van der Waals surface area contributed by atoms with E-state index in [1.54, 1.807) is 0 Å². The predicted molar refractivity (Wildman–Crippen MR) is 94.6 cm³/mol. The lowest BCUT2D eigenvalue weighted by atomic mass is 10.1. The molecule has 0 fully saturated rings. The molecule has 0 amide bonds. The topological polar surface area (TPSA) is 29.3 Å². The highest BCUT2D eigenvalue weighted by Crippen LogP contribution is 2.17. The summed E-state index contributed by atoms with van der Waals surface area (Å²) in [6.07, 6.45) is 5.06. The van der Waals surface area contributed by atoms with Crippen LogP contribution in [0, 0.1) is 0 Å². The highest BCUT2D eigenvalue weighted by atomic mass is 14.9. The maximum atomic E-state index is 4.52. The lowest BCUT2D eigenvalue weighted by Gasteiger charge is -2.08. The van der Waals surface area contributed by atoms with Crippen LogP contribution in [0.1, 0.15) is 11.1 Å². The van der Waals surface area contributed by atoms with Gasteiger partial charge in [-0.1, -0.05) is 36.4 Å². The molecule has 0 aliphatic rings. The molecule has 114 valence electrons. The van der Waals surface area contributed by atoms with Gasteiger partial charge < -0.3 is 9.72 Å². The molecule has 0 aliphatic heterocycles. The molecule has 0 saturated carbocycles. The second kappa shape index (κ2) is 6.23. The van der Waals surface area contributed by atoms with E-state index < -0.39 is 0 Å². The summed E-state index contributed by atoms with van der Waals surface area (Å²) in [4.78, 5) is 4.52. The van der Waals surface area contributed by atoms with E-state index in [1.165, 1.54) is 11.1 Å². The van der Waals surface area contributed by atoms with Crippen molar-refractivity contribution in [3.8, 4) is 0 Å². The summed E-state index contributed by atoms with van der Waals surface area (Å²) < 4.78 is 2.19. The number of fused-ring (bicyclic) bond motifs is 3. The third kappa shape index (κ3) is 2.96. The smallest absolute Gasteiger partial charge is 0.0871 e. The van der Waals surface area contributed by atoms with Crippen LogP contribution in [-0.2, 0) is 13.0 Å². The fourth-order valence-electron chi connectivity index (χ4n) is 2.95. The van der Waals surface area contributed by atoms with Crippen LogP contribution in [0.15, 0.2) is 73.1 Å². The number of hydrogen-bond acceptors (Lipinski definition) is 2. The van der Waals surface area contributed by atoms with Crippen LogP contribution in [-0.4, -0.2) is 15.9 Å². The number of rotatable bonds is 5. The fraction of sp³-hybridized carbons (Fsp3) is 0.150. The van der Waals surface area contributed by atoms with Gasteiger partial charge in [-0.05, 0) is 48.4 Å². The number of nitrogens with one attached hydrogen (secondary N) is 1. The van der Waals surface area contributed by atoms with Gasteiger partial charge in [0.25, 0.3) is 0 Å². The van der Waals surface area contributed by atoms with Crippen molar-refractivity contribution in [1.82, 2.24) is 14.7 Å². The molecule has 23 heavy (non-hydrogen) atoms. The molecule has 3 nitrogen and oxygen atoms in total. The Morgan fingerprint density at radius 1 is 0.913 bits per heavy atom. The zero-order valence-electron chi connectivity index (χ0n) is 12.9. The van der Waals surface area contributed by atoms with Gasteiger partial charge in [0.15, 0.2) is 0 Å². The molecule has 4 rings (SSSR count). The Morgan fingerprint density at radius 3 is 2.74 bits per heavy atom. The molecule has 1 N–H and O–H groups in total. The molecule has 0 saturated heterocycles. The van der Waals surface area contributed by atoms with Gasteiger partial charge in [0, 0.05) is 12.7 Å². The molecule has 0 spiro atoms. The van der Waals surface area contributed by atoms with Gasteiger partial charge in [0.1, 0.15) is 0 Å². The second-order valence-electron chi connectivity index (χ2n) is 5.80. The maximum absolute atomic E-state index is 4.52. The largest absolute Gasteiger partial charge is 0.314 e. The molecule has 4 aromatic rings. The average molecular weight is 301 g/mol. The Morgan fingerprint density at radius 2 is 1.83 bits per heavy atom.